The third kappa shape index (κ3) is 1.76. The number of nitrogen functional groups attached to an aromatic ring is 1. The van der Waals surface area contributed by atoms with Crippen molar-refractivity contribution in [3.63, 3.8) is 0 Å². The Labute approximate surface area is 92.5 Å². The lowest BCUT2D eigenvalue weighted by atomic mass is 10.0. The topological polar surface area (TPSA) is 26.0 Å². The second kappa shape index (κ2) is 3.93. The van der Waals surface area contributed by atoms with Crippen LogP contribution in [0, 0.1) is 18.6 Å². The molecule has 0 spiro atoms. The number of hydrogen-bond acceptors (Lipinski definition) is 1. The van der Waals surface area contributed by atoms with E-state index in [1.807, 2.05) is 13.0 Å². The summed E-state index contributed by atoms with van der Waals surface area (Å²) in [6.07, 6.45) is 0. The van der Waals surface area contributed by atoms with Gasteiger partial charge >= 0.3 is 0 Å². The van der Waals surface area contributed by atoms with Gasteiger partial charge in [0.2, 0.25) is 0 Å². The Balaban J connectivity index is 2.68. The van der Waals surface area contributed by atoms with Crippen LogP contribution in [0.3, 0.4) is 0 Å². The van der Waals surface area contributed by atoms with Gasteiger partial charge in [-0.1, -0.05) is 29.8 Å². The second-order valence-electron chi connectivity index (χ2n) is 3.70. The zero-order valence-corrected chi connectivity index (χ0v) is 8.80. The van der Waals surface area contributed by atoms with Crippen molar-refractivity contribution in [2.45, 2.75) is 6.92 Å². The zero-order valence-electron chi connectivity index (χ0n) is 8.80. The van der Waals surface area contributed by atoms with Gasteiger partial charge in [0.15, 0.2) is 5.82 Å². The van der Waals surface area contributed by atoms with Crippen LogP contribution in [0.2, 0.25) is 0 Å². The van der Waals surface area contributed by atoms with Crippen LogP contribution in [0.15, 0.2) is 36.4 Å². The van der Waals surface area contributed by atoms with Crippen molar-refractivity contribution < 1.29 is 8.78 Å². The Kier molecular flexibility index (Phi) is 2.60. The average molecular weight is 219 g/mol. The van der Waals surface area contributed by atoms with Crippen LogP contribution in [0.1, 0.15) is 5.56 Å². The van der Waals surface area contributed by atoms with E-state index in [1.54, 1.807) is 18.2 Å². The van der Waals surface area contributed by atoms with Gasteiger partial charge in [-0.25, -0.2) is 8.78 Å². The summed E-state index contributed by atoms with van der Waals surface area (Å²) in [6.45, 7) is 1.87. The van der Waals surface area contributed by atoms with Gasteiger partial charge in [0, 0.05) is 0 Å². The van der Waals surface area contributed by atoms with Crippen LogP contribution in [-0.2, 0) is 0 Å². The highest BCUT2D eigenvalue weighted by Gasteiger charge is 2.13. The molecule has 0 unspecified atom stereocenters. The molecule has 0 aliphatic heterocycles. The maximum Gasteiger partial charge on any atom is 0.156 e. The van der Waals surface area contributed by atoms with Gasteiger partial charge in [0.1, 0.15) is 5.82 Å². The summed E-state index contributed by atoms with van der Waals surface area (Å²) in [5.74, 6) is -1.30. The van der Waals surface area contributed by atoms with E-state index in [-0.39, 0.29) is 11.3 Å². The van der Waals surface area contributed by atoms with Crippen LogP contribution >= 0.6 is 0 Å². The molecule has 0 atom stereocenters. The first-order valence-corrected chi connectivity index (χ1v) is 4.90. The van der Waals surface area contributed by atoms with Gasteiger partial charge < -0.3 is 5.73 Å². The monoisotopic (exact) mass is 219 g/mol. The molecule has 2 aromatic rings. The molecule has 0 bridgehead atoms. The third-order valence-electron chi connectivity index (χ3n) is 2.43. The van der Waals surface area contributed by atoms with Crippen molar-refractivity contribution >= 4 is 5.69 Å². The predicted molar refractivity (Wildman–Crippen MR) is 60.9 cm³/mol. The van der Waals surface area contributed by atoms with Crippen molar-refractivity contribution in [2.75, 3.05) is 5.73 Å². The van der Waals surface area contributed by atoms with Crippen molar-refractivity contribution in [1.29, 1.82) is 0 Å². The van der Waals surface area contributed by atoms with E-state index in [9.17, 15) is 8.78 Å². The Morgan fingerprint density at radius 3 is 2.50 bits per heavy atom. The molecule has 0 saturated heterocycles. The van der Waals surface area contributed by atoms with Crippen LogP contribution in [-0.4, -0.2) is 0 Å². The molecule has 1 nitrogen and oxygen atoms in total. The summed E-state index contributed by atoms with van der Waals surface area (Å²) in [5.41, 5.74) is 6.76. The molecule has 2 rings (SSSR count). The van der Waals surface area contributed by atoms with Gasteiger partial charge in [-0.3, -0.25) is 0 Å². The Hall–Kier alpha value is -1.90. The molecule has 16 heavy (non-hydrogen) atoms. The highest BCUT2D eigenvalue weighted by atomic mass is 19.1. The first-order chi connectivity index (χ1) is 7.59. The fraction of sp³-hybridized carbons (Fsp3) is 0.0769. The molecular formula is C13H11F2N. The lowest BCUT2D eigenvalue weighted by molar-refractivity contribution is 0.592. The van der Waals surface area contributed by atoms with Gasteiger partial charge in [-0.15, -0.1) is 0 Å². The third-order valence-corrected chi connectivity index (χ3v) is 2.43. The molecule has 0 saturated carbocycles. The van der Waals surface area contributed by atoms with Gasteiger partial charge in [-0.2, -0.15) is 0 Å². The highest BCUT2D eigenvalue weighted by molar-refractivity contribution is 5.69. The van der Waals surface area contributed by atoms with Crippen molar-refractivity contribution in [2.24, 2.45) is 0 Å². The quantitative estimate of drug-likeness (QED) is 0.729. The minimum atomic E-state index is -0.703. The fourth-order valence-corrected chi connectivity index (χ4v) is 1.63. The molecule has 0 amide bonds. The summed E-state index contributed by atoms with van der Waals surface area (Å²) in [6, 6.07) is 9.41. The first kappa shape index (κ1) is 10.6. The van der Waals surface area contributed by atoms with Crippen molar-refractivity contribution in [3.8, 4) is 11.1 Å². The molecule has 2 aromatic carbocycles. The Morgan fingerprint density at radius 1 is 1.06 bits per heavy atom. The van der Waals surface area contributed by atoms with Gasteiger partial charge in [0.25, 0.3) is 0 Å². The van der Waals surface area contributed by atoms with Gasteiger partial charge in [-0.05, 0) is 24.6 Å². The largest absolute Gasteiger partial charge is 0.396 e. The molecule has 82 valence electrons. The van der Waals surface area contributed by atoms with E-state index in [1.165, 1.54) is 12.1 Å². The predicted octanol–water partition coefficient (Wildman–Crippen LogP) is 3.52. The van der Waals surface area contributed by atoms with Crippen LogP contribution < -0.4 is 5.73 Å². The minimum Gasteiger partial charge on any atom is -0.396 e. The lowest BCUT2D eigenvalue weighted by Crippen LogP contribution is -1.96. The normalized spacial score (nSPS) is 10.4. The first-order valence-electron chi connectivity index (χ1n) is 4.90. The molecule has 0 aliphatic rings. The van der Waals surface area contributed by atoms with E-state index < -0.39 is 11.6 Å². The van der Waals surface area contributed by atoms with E-state index in [0.29, 0.717) is 5.56 Å². The smallest absolute Gasteiger partial charge is 0.156 e. The number of halogens is 2. The number of benzene rings is 2. The average Bonchev–Trinajstić information content (AvgIpc) is 2.24. The van der Waals surface area contributed by atoms with Crippen LogP contribution in [0.4, 0.5) is 14.5 Å². The van der Waals surface area contributed by atoms with E-state index >= 15 is 0 Å². The minimum absolute atomic E-state index is 0.0436. The fourth-order valence-electron chi connectivity index (χ4n) is 1.63. The number of aryl methyl sites for hydroxylation is 1. The Morgan fingerprint density at radius 2 is 1.81 bits per heavy atom. The van der Waals surface area contributed by atoms with Crippen LogP contribution in [0.25, 0.3) is 11.1 Å². The molecule has 0 aromatic heterocycles. The molecule has 0 radical (unpaired) electrons. The standard InChI is InChI=1S/C13H11F2N/c1-8-3-2-4-9(7-8)12-10(14)5-6-11(16)13(12)15/h2-7H,16H2,1H3. The number of anilines is 1. The summed E-state index contributed by atoms with van der Waals surface area (Å²) < 4.78 is 27.3. The van der Waals surface area contributed by atoms with E-state index in [4.69, 9.17) is 5.73 Å². The summed E-state index contributed by atoms with van der Waals surface area (Å²) in [5, 5.41) is 0. The summed E-state index contributed by atoms with van der Waals surface area (Å²) in [4.78, 5) is 0. The van der Waals surface area contributed by atoms with E-state index in [0.717, 1.165) is 5.56 Å². The van der Waals surface area contributed by atoms with E-state index in [2.05, 4.69) is 0 Å². The Bertz CT molecular complexity index is 535. The zero-order chi connectivity index (χ0) is 11.7. The molecule has 0 fully saturated rings. The molecular weight excluding hydrogens is 208 g/mol. The maximum atomic E-state index is 13.7. The van der Waals surface area contributed by atoms with Crippen molar-refractivity contribution in [3.05, 3.63) is 53.6 Å². The maximum absolute atomic E-state index is 13.7. The van der Waals surface area contributed by atoms with Crippen LogP contribution in [0.5, 0.6) is 0 Å². The number of nitrogens with two attached hydrogens (primary N) is 1. The second-order valence-corrected chi connectivity index (χ2v) is 3.70. The number of rotatable bonds is 1. The summed E-state index contributed by atoms with van der Waals surface area (Å²) >= 11 is 0. The molecule has 0 aliphatic carbocycles. The molecule has 3 heteroatoms. The lowest BCUT2D eigenvalue weighted by Gasteiger charge is -2.07. The van der Waals surface area contributed by atoms with Gasteiger partial charge in [0.05, 0.1) is 11.3 Å². The summed E-state index contributed by atoms with van der Waals surface area (Å²) in [7, 11) is 0. The van der Waals surface area contributed by atoms with Crippen molar-refractivity contribution in [1.82, 2.24) is 0 Å². The highest BCUT2D eigenvalue weighted by Crippen LogP contribution is 2.29. The number of hydrogen-bond donors (Lipinski definition) is 1. The molecule has 0 heterocycles. The molecule has 2 N–H and O–H groups in total. The SMILES string of the molecule is Cc1cccc(-c2c(F)ccc(N)c2F)c1.